The fourth-order valence-corrected chi connectivity index (χ4v) is 9.47. The normalized spacial score (nSPS) is 28.1. The summed E-state index contributed by atoms with van der Waals surface area (Å²) in [4.78, 5) is 127. The van der Waals surface area contributed by atoms with Crippen molar-refractivity contribution in [3.05, 3.63) is 95.3 Å². The molecule has 0 spiro atoms. The number of amides is 6. The van der Waals surface area contributed by atoms with Crippen LogP contribution in [0.3, 0.4) is 0 Å². The van der Waals surface area contributed by atoms with Crippen molar-refractivity contribution in [1.29, 1.82) is 0 Å². The van der Waals surface area contributed by atoms with E-state index in [1.165, 1.54) is 53.9 Å². The number of nitrogens with zero attached hydrogens (tertiary/aromatic N) is 5. The Bertz CT molecular complexity index is 2410. The van der Waals surface area contributed by atoms with Crippen LogP contribution in [-0.2, 0) is 49.5 Å². The van der Waals surface area contributed by atoms with Gasteiger partial charge >= 0.3 is 5.97 Å². The molecule has 7 rings (SSSR count). The first-order valence-electron chi connectivity index (χ1n) is 23.6. The largest absolute Gasteiger partial charge is 0.505 e. The Labute approximate surface area is 401 Å². The maximum Gasteiger partial charge on any atom is 0.333 e. The predicted octanol–water partition coefficient (Wildman–Crippen LogP) is 1.46. The SMILES string of the molecule is CCC1(C)NC(=O)[C@@H](NC(=O)c2ncccc2O)[C@@H](C)OC(=O)[C@H](c2ccccc2)NC(=O)[C@@H]2CC(=O)C(CN3CCOCC3)CN2C(=O)[C@H](Cc2ccc(C)cc2)N(C)C(=O)[C@@H]2CCCN2C1=O. The van der Waals surface area contributed by atoms with Crippen LogP contribution in [0.1, 0.15) is 79.7 Å². The molecule has 4 saturated heterocycles. The lowest BCUT2D eigenvalue weighted by Gasteiger charge is -2.43. The average Bonchev–Trinajstić information content (AvgIpc) is 3.84. The summed E-state index contributed by atoms with van der Waals surface area (Å²) in [5.41, 5.74) is -0.158. The highest BCUT2D eigenvalue weighted by molar-refractivity contribution is 6.02. The lowest BCUT2D eigenvalue weighted by Crippen LogP contribution is -2.65. The van der Waals surface area contributed by atoms with Gasteiger partial charge in [0.05, 0.1) is 13.2 Å². The molecule has 0 aliphatic carbocycles. The fraction of sp³-hybridized carbons (Fsp3) is 0.500. The third-order valence-corrected chi connectivity index (χ3v) is 13.8. The number of fused-ring (bicyclic) bond motifs is 2. The number of esters is 1. The Balaban J connectivity index is 1.33. The summed E-state index contributed by atoms with van der Waals surface area (Å²) in [6.07, 6.45) is 0.0978. The van der Waals surface area contributed by atoms with E-state index in [0.29, 0.717) is 39.3 Å². The first-order chi connectivity index (χ1) is 33.0. The van der Waals surface area contributed by atoms with Crippen molar-refractivity contribution in [3.63, 3.8) is 0 Å². The number of ether oxygens (including phenoxy) is 2. The summed E-state index contributed by atoms with van der Waals surface area (Å²) in [6.45, 7) is 8.80. The zero-order chi connectivity index (χ0) is 49.6. The molecule has 5 heterocycles. The molecule has 4 N–H and O–H groups in total. The topological polar surface area (TPSA) is 237 Å². The number of hydrogen-bond acceptors (Lipinski definition) is 13. The number of carbonyl (C=O) groups excluding carboxylic acids is 8. The van der Waals surface area contributed by atoms with E-state index < -0.39 is 107 Å². The Morgan fingerprint density at radius 2 is 1.61 bits per heavy atom. The van der Waals surface area contributed by atoms with E-state index in [-0.39, 0.29) is 43.7 Å². The van der Waals surface area contributed by atoms with Gasteiger partial charge in [-0.05, 0) is 63.3 Å². The number of pyridine rings is 1. The highest BCUT2D eigenvalue weighted by Gasteiger charge is 2.49. The lowest BCUT2D eigenvalue weighted by molar-refractivity contribution is -0.158. The maximum absolute atomic E-state index is 15.5. The molecule has 2 unspecified atom stereocenters. The van der Waals surface area contributed by atoms with E-state index >= 15 is 4.79 Å². The smallest absolute Gasteiger partial charge is 0.333 e. The molecule has 6 amide bonds. The molecule has 1 aromatic heterocycles. The van der Waals surface area contributed by atoms with E-state index in [9.17, 15) is 38.7 Å². The molecule has 3 aromatic rings. The Kier molecular flexibility index (Phi) is 15.8. The average molecular weight is 951 g/mol. The number of benzene rings is 2. The minimum atomic E-state index is -1.71. The Morgan fingerprint density at radius 3 is 2.29 bits per heavy atom. The number of carbonyl (C=O) groups is 8. The Morgan fingerprint density at radius 1 is 0.899 bits per heavy atom. The first kappa shape index (κ1) is 50.2. The molecular formula is C50H62N8O11. The van der Waals surface area contributed by atoms with Gasteiger partial charge in [-0.15, -0.1) is 0 Å². The van der Waals surface area contributed by atoms with Crippen LogP contribution in [0.2, 0.25) is 0 Å². The molecule has 69 heavy (non-hydrogen) atoms. The number of morpholine rings is 1. The number of aryl methyl sites for hydroxylation is 1. The zero-order valence-corrected chi connectivity index (χ0v) is 39.7. The first-order valence-corrected chi connectivity index (χ1v) is 23.6. The van der Waals surface area contributed by atoms with E-state index in [0.717, 1.165) is 11.1 Å². The van der Waals surface area contributed by atoms with Crippen LogP contribution in [0.5, 0.6) is 5.75 Å². The van der Waals surface area contributed by atoms with Crippen LogP contribution in [0, 0.1) is 12.8 Å². The van der Waals surface area contributed by atoms with Gasteiger partial charge in [-0.25, -0.2) is 9.78 Å². The number of aromatic nitrogens is 1. The third kappa shape index (κ3) is 11.3. The molecule has 0 radical (unpaired) electrons. The van der Waals surface area contributed by atoms with Crippen molar-refractivity contribution in [2.24, 2.45) is 5.92 Å². The quantitative estimate of drug-likeness (QED) is 0.235. The number of aromatic hydroxyl groups is 1. The second-order valence-corrected chi connectivity index (χ2v) is 18.6. The standard InChI is InChI=1S/C50H62N8O11/c1-6-50(4)49(67)57-21-11-14-35(57)46(64)55(5)37(26-32-18-16-30(2)17-19-32)47(65)58-29-34(28-56-22-24-68-25-23-56)39(60)27-36(58)43(61)53-41(33-12-8-7-9-13-33)48(66)69-31(3)40(45(63)54-50)52-44(62)42-38(59)15-10-20-51-42/h7-10,12-13,15-20,31,34-37,40-41,59H,6,11,14,21-29H2,1-5H3,(H,52,62)(H,53,61)(H,54,63)/t31-,34?,35+,36+,37+,40+,41+,50?/m1/s1. The van der Waals surface area contributed by atoms with Gasteiger partial charge in [-0.1, -0.05) is 67.1 Å². The molecule has 19 heteroatoms. The summed E-state index contributed by atoms with van der Waals surface area (Å²) >= 11 is 0. The van der Waals surface area contributed by atoms with Gasteiger partial charge < -0.3 is 45.2 Å². The van der Waals surface area contributed by atoms with Crippen LogP contribution in [0.15, 0.2) is 72.9 Å². The summed E-state index contributed by atoms with van der Waals surface area (Å²) < 4.78 is 11.5. The number of rotatable bonds is 8. The minimum Gasteiger partial charge on any atom is -0.505 e. The molecule has 19 nitrogen and oxygen atoms in total. The molecule has 0 bridgehead atoms. The van der Waals surface area contributed by atoms with E-state index in [2.05, 4.69) is 25.8 Å². The van der Waals surface area contributed by atoms with Crippen molar-refractivity contribution in [2.45, 2.75) is 102 Å². The van der Waals surface area contributed by atoms with Gasteiger partial charge in [0.2, 0.25) is 29.5 Å². The van der Waals surface area contributed by atoms with Crippen molar-refractivity contribution in [2.75, 3.05) is 53.0 Å². The fourth-order valence-electron chi connectivity index (χ4n) is 9.47. The van der Waals surface area contributed by atoms with Crippen molar-refractivity contribution in [1.82, 2.24) is 40.5 Å². The molecule has 368 valence electrons. The number of hydrogen-bond donors (Lipinski definition) is 4. The molecule has 8 atom stereocenters. The second-order valence-electron chi connectivity index (χ2n) is 18.6. The van der Waals surface area contributed by atoms with Gasteiger partial charge in [-0.2, -0.15) is 0 Å². The Hall–Kier alpha value is -6.73. The molecule has 4 aliphatic heterocycles. The summed E-state index contributed by atoms with van der Waals surface area (Å²) in [6, 6.07) is 11.2. The highest BCUT2D eigenvalue weighted by atomic mass is 16.5. The van der Waals surface area contributed by atoms with Crippen molar-refractivity contribution >= 4 is 47.2 Å². The molecule has 0 saturated carbocycles. The van der Waals surface area contributed by atoms with Crippen LogP contribution in [0.4, 0.5) is 0 Å². The summed E-state index contributed by atoms with van der Waals surface area (Å²) in [5, 5.41) is 18.5. The highest BCUT2D eigenvalue weighted by Crippen LogP contribution is 2.30. The van der Waals surface area contributed by atoms with E-state index in [1.54, 1.807) is 37.3 Å². The van der Waals surface area contributed by atoms with Gasteiger partial charge in [0.15, 0.2) is 11.7 Å². The van der Waals surface area contributed by atoms with Crippen LogP contribution >= 0.6 is 0 Å². The summed E-state index contributed by atoms with van der Waals surface area (Å²) in [7, 11) is 1.49. The predicted molar refractivity (Wildman–Crippen MR) is 249 cm³/mol. The van der Waals surface area contributed by atoms with Crippen molar-refractivity contribution < 1.29 is 52.9 Å². The number of nitrogens with one attached hydrogen (secondary N) is 3. The number of likely N-dealkylation sites (N-methyl/N-ethyl adjacent to an activating group) is 1. The molecule has 4 fully saturated rings. The van der Waals surface area contributed by atoms with Gasteiger partial charge in [0.1, 0.15) is 47.3 Å². The van der Waals surface area contributed by atoms with Crippen molar-refractivity contribution in [3.8, 4) is 5.75 Å². The third-order valence-electron chi connectivity index (χ3n) is 13.8. The number of ketones is 1. The second kappa shape index (κ2) is 21.7. The maximum atomic E-state index is 15.5. The van der Waals surface area contributed by atoms with Crippen LogP contribution < -0.4 is 16.0 Å². The number of piperidine rings is 1. The lowest BCUT2D eigenvalue weighted by atomic mass is 9.88. The molecular weight excluding hydrogens is 889 g/mol. The van der Waals surface area contributed by atoms with Crippen LogP contribution in [0.25, 0.3) is 0 Å². The van der Waals surface area contributed by atoms with E-state index in [1.807, 2.05) is 31.2 Å². The summed E-state index contributed by atoms with van der Waals surface area (Å²) in [5.74, 6) is -7.05. The zero-order valence-electron chi connectivity index (χ0n) is 39.7. The molecule has 2 aromatic carbocycles. The van der Waals surface area contributed by atoms with Gasteiger partial charge in [-0.3, -0.25) is 38.5 Å². The molecule has 4 aliphatic rings. The van der Waals surface area contributed by atoms with Crippen LogP contribution in [-0.4, -0.2) is 166 Å². The van der Waals surface area contributed by atoms with Gasteiger partial charge in [0, 0.05) is 64.7 Å². The minimum absolute atomic E-state index is 0.0257. The van der Waals surface area contributed by atoms with Gasteiger partial charge in [0.25, 0.3) is 5.91 Å². The number of cyclic esters (lactones) is 1. The van der Waals surface area contributed by atoms with E-state index in [4.69, 9.17) is 9.47 Å². The monoisotopic (exact) mass is 950 g/mol. The number of Topliss-reactive ketones (excluding diaryl/α,β-unsaturated/α-hetero) is 1.